The second kappa shape index (κ2) is 10.6. The van der Waals surface area contributed by atoms with Crippen LogP contribution >= 0.6 is 0 Å². The lowest BCUT2D eigenvalue weighted by Crippen LogP contribution is -2.39. The van der Waals surface area contributed by atoms with E-state index in [9.17, 15) is 9.59 Å². The van der Waals surface area contributed by atoms with E-state index in [-0.39, 0.29) is 18.5 Å². The van der Waals surface area contributed by atoms with Crippen LogP contribution in [0.15, 0.2) is 0 Å². The Morgan fingerprint density at radius 3 is 2.45 bits per heavy atom. The number of carboxylic acid groups (broad SMARTS) is 1. The van der Waals surface area contributed by atoms with Gasteiger partial charge in [0.25, 0.3) is 0 Å². The Balaban J connectivity index is 0.000000441. The van der Waals surface area contributed by atoms with E-state index in [2.05, 4.69) is 10.6 Å². The van der Waals surface area contributed by atoms with Crippen molar-refractivity contribution in [2.75, 3.05) is 13.1 Å². The maximum absolute atomic E-state index is 10.8. The summed E-state index contributed by atoms with van der Waals surface area (Å²) in [5.74, 6) is -1.14. The minimum atomic E-state index is -1.10. The number of carbonyl (C=O) groups is 2. The monoisotopic (exact) mass is 289 g/mol. The van der Waals surface area contributed by atoms with Crippen LogP contribution < -0.4 is 16.4 Å². The van der Waals surface area contributed by atoms with Gasteiger partial charge in [-0.1, -0.05) is 19.8 Å². The van der Waals surface area contributed by atoms with Crippen molar-refractivity contribution in [3.05, 3.63) is 0 Å². The lowest BCUT2D eigenvalue weighted by molar-refractivity contribution is -0.139. The molecule has 1 heterocycles. The van der Waals surface area contributed by atoms with Crippen molar-refractivity contribution in [3.8, 4) is 0 Å². The minimum Gasteiger partial charge on any atom is -0.480 e. The fourth-order valence-corrected chi connectivity index (χ4v) is 1.71. The van der Waals surface area contributed by atoms with E-state index in [4.69, 9.17) is 20.9 Å². The largest absolute Gasteiger partial charge is 0.480 e. The van der Waals surface area contributed by atoms with Crippen LogP contribution in [-0.4, -0.2) is 59.3 Å². The van der Waals surface area contributed by atoms with Crippen LogP contribution in [0.25, 0.3) is 0 Å². The molecule has 0 aromatic rings. The minimum absolute atomic E-state index is 0.0613. The number of nitrogens with two attached hydrogens (primary N) is 1. The average Bonchev–Trinajstić information content (AvgIpc) is 2.85. The van der Waals surface area contributed by atoms with Gasteiger partial charge in [0.05, 0.1) is 6.54 Å². The molecule has 1 aliphatic heterocycles. The third kappa shape index (κ3) is 8.86. The molecule has 0 saturated carbocycles. The van der Waals surface area contributed by atoms with E-state index >= 15 is 0 Å². The van der Waals surface area contributed by atoms with Crippen molar-refractivity contribution in [1.29, 1.82) is 0 Å². The molecule has 7 N–H and O–H groups in total. The molecule has 0 aromatic carbocycles. The molecular weight excluding hydrogens is 265 g/mol. The molecule has 1 rings (SSSR count). The second-order valence-corrected chi connectivity index (χ2v) is 4.63. The fraction of sp³-hybridized carbons (Fsp3) is 0.818. The average molecular weight is 289 g/mol. The fourth-order valence-electron chi connectivity index (χ4n) is 1.71. The Hall–Kier alpha value is -1.16. The number of carboxylic acids is 1. The first-order valence-electron chi connectivity index (χ1n) is 6.72. The maximum atomic E-state index is 10.8. The lowest BCUT2D eigenvalue weighted by atomic mass is 9.84. The number of aliphatic carboxylic acids is 1. The summed E-state index contributed by atoms with van der Waals surface area (Å²) in [5, 5.41) is 30.5. The van der Waals surface area contributed by atoms with Gasteiger partial charge in [0.15, 0.2) is 0 Å². The molecular formula is C11H24BN3O5. The first-order chi connectivity index (χ1) is 9.40. The van der Waals surface area contributed by atoms with Crippen LogP contribution in [0.3, 0.4) is 0 Å². The quantitative estimate of drug-likeness (QED) is 0.314. The Labute approximate surface area is 118 Å². The molecule has 2 unspecified atom stereocenters. The van der Waals surface area contributed by atoms with Gasteiger partial charge in [-0.2, -0.15) is 0 Å². The second-order valence-electron chi connectivity index (χ2n) is 4.63. The smallest absolute Gasteiger partial charge is 0.451 e. The highest BCUT2D eigenvalue weighted by atomic mass is 16.4. The van der Waals surface area contributed by atoms with E-state index in [1.807, 2.05) is 6.92 Å². The number of unbranched alkanes of at least 4 members (excludes halogenated alkanes) is 1. The predicted molar refractivity (Wildman–Crippen MR) is 74.9 cm³/mol. The zero-order valence-corrected chi connectivity index (χ0v) is 11.7. The van der Waals surface area contributed by atoms with E-state index < -0.39 is 19.1 Å². The first-order valence-corrected chi connectivity index (χ1v) is 6.72. The Kier molecular flexibility index (Phi) is 10.00. The molecule has 20 heavy (non-hydrogen) atoms. The van der Waals surface area contributed by atoms with Gasteiger partial charge in [0, 0.05) is 12.6 Å². The summed E-state index contributed by atoms with van der Waals surface area (Å²) in [5.41, 5.74) is 5.10. The van der Waals surface area contributed by atoms with Crippen molar-refractivity contribution in [2.45, 2.75) is 44.6 Å². The van der Waals surface area contributed by atoms with Crippen molar-refractivity contribution in [3.63, 3.8) is 0 Å². The van der Waals surface area contributed by atoms with Crippen LogP contribution in [0.4, 0.5) is 0 Å². The normalized spacial score (nSPS) is 20.8. The third-order valence-electron chi connectivity index (χ3n) is 2.80. The molecule has 1 amide bonds. The Morgan fingerprint density at radius 1 is 1.45 bits per heavy atom. The summed E-state index contributed by atoms with van der Waals surface area (Å²) in [4.78, 5) is 21.3. The summed E-state index contributed by atoms with van der Waals surface area (Å²) in [7, 11) is -1.10. The zero-order chi connectivity index (χ0) is 15.5. The molecule has 1 fully saturated rings. The van der Waals surface area contributed by atoms with Gasteiger partial charge in [-0.3, -0.25) is 9.59 Å². The molecule has 1 aliphatic rings. The molecule has 0 spiro atoms. The number of carbonyl (C=O) groups excluding carboxylic acids is 1. The highest BCUT2D eigenvalue weighted by molar-refractivity contribution is 6.40. The molecule has 0 radical (unpaired) electrons. The summed E-state index contributed by atoms with van der Waals surface area (Å²) < 4.78 is 0. The van der Waals surface area contributed by atoms with Crippen molar-refractivity contribution in [1.82, 2.24) is 10.6 Å². The molecule has 116 valence electrons. The van der Waals surface area contributed by atoms with Crippen LogP contribution in [0.5, 0.6) is 0 Å². The number of hydrogen-bond acceptors (Lipinski definition) is 6. The lowest BCUT2D eigenvalue weighted by Gasteiger charge is -2.09. The van der Waals surface area contributed by atoms with Crippen LogP contribution in [0.2, 0.25) is 6.32 Å². The summed E-state index contributed by atoms with van der Waals surface area (Å²) in [6.07, 6.45) is 2.85. The first kappa shape index (κ1) is 18.8. The van der Waals surface area contributed by atoms with E-state index in [1.54, 1.807) is 0 Å². The van der Waals surface area contributed by atoms with Gasteiger partial charge >= 0.3 is 13.1 Å². The van der Waals surface area contributed by atoms with Gasteiger partial charge in [-0.05, 0) is 12.7 Å². The van der Waals surface area contributed by atoms with Gasteiger partial charge in [-0.25, -0.2) is 0 Å². The molecule has 9 heteroatoms. The van der Waals surface area contributed by atoms with Crippen molar-refractivity contribution in [2.24, 2.45) is 5.73 Å². The van der Waals surface area contributed by atoms with Gasteiger partial charge in [0.2, 0.25) is 5.91 Å². The predicted octanol–water partition coefficient (Wildman–Crippen LogP) is -1.86. The van der Waals surface area contributed by atoms with Gasteiger partial charge in [0.1, 0.15) is 6.04 Å². The zero-order valence-electron chi connectivity index (χ0n) is 11.7. The van der Waals surface area contributed by atoms with E-state index in [0.717, 1.165) is 12.8 Å². The summed E-state index contributed by atoms with van der Waals surface area (Å²) in [6.45, 7) is 2.44. The van der Waals surface area contributed by atoms with Crippen LogP contribution in [0, 0.1) is 0 Å². The topological polar surface area (TPSA) is 145 Å². The number of hydrogen-bond donors (Lipinski definition) is 6. The van der Waals surface area contributed by atoms with Gasteiger partial charge in [-0.15, -0.1) is 0 Å². The Bertz CT molecular complexity index is 304. The van der Waals surface area contributed by atoms with Crippen molar-refractivity contribution < 1.29 is 24.7 Å². The molecule has 8 nitrogen and oxygen atoms in total. The standard InChI is InChI=1S/C7H13N3O3.C4H11BO2/c8-2-6(11)10-4-1-5(7(12)13)9-3-4;1-2-3-4-5(6)7/h4-5,9H,1-3,8H2,(H,10,11)(H,12,13);6-7H,2-4H2,1H3. The highest BCUT2D eigenvalue weighted by Gasteiger charge is 2.29. The van der Waals surface area contributed by atoms with Crippen molar-refractivity contribution >= 4 is 19.0 Å². The number of amides is 1. The van der Waals surface area contributed by atoms with Crippen LogP contribution in [0.1, 0.15) is 26.2 Å². The van der Waals surface area contributed by atoms with Crippen LogP contribution in [-0.2, 0) is 9.59 Å². The summed E-state index contributed by atoms with van der Waals surface area (Å²) in [6, 6.07) is -0.666. The van der Waals surface area contributed by atoms with E-state index in [0.29, 0.717) is 19.3 Å². The molecule has 0 bridgehead atoms. The molecule has 0 aromatic heterocycles. The highest BCUT2D eigenvalue weighted by Crippen LogP contribution is 2.06. The molecule has 2 atom stereocenters. The molecule has 1 saturated heterocycles. The third-order valence-corrected chi connectivity index (χ3v) is 2.80. The number of rotatable bonds is 6. The Morgan fingerprint density at radius 2 is 2.10 bits per heavy atom. The molecule has 0 aliphatic carbocycles. The SMILES string of the molecule is CCCCB(O)O.NCC(=O)NC1CNC(C(=O)O)C1. The number of nitrogens with one attached hydrogen (secondary N) is 2. The maximum Gasteiger partial charge on any atom is 0.451 e. The van der Waals surface area contributed by atoms with Gasteiger partial charge < -0.3 is 31.5 Å². The summed E-state index contributed by atoms with van der Waals surface area (Å²) >= 11 is 0. The van der Waals surface area contributed by atoms with E-state index in [1.165, 1.54) is 0 Å².